The van der Waals surface area contributed by atoms with Crippen molar-refractivity contribution in [2.45, 2.75) is 25.7 Å². The molecule has 0 heterocycles. The van der Waals surface area contributed by atoms with E-state index < -0.39 is 0 Å². The Bertz CT molecular complexity index is 798. The molecular weight excluding hydrogens is 362 g/mol. The summed E-state index contributed by atoms with van der Waals surface area (Å²) in [6, 6.07) is 12.3. The molecule has 0 amide bonds. The summed E-state index contributed by atoms with van der Waals surface area (Å²) in [6.07, 6.45) is 1.88. The van der Waals surface area contributed by atoms with E-state index in [2.05, 4.69) is 47.8 Å². The molecule has 0 fully saturated rings. The van der Waals surface area contributed by atoms with Crippen molar-refractivity contribution in [1.29, 1.82) is 0 Å². The smallest absolute Gasteiger partial charge is 0.0909 e. The molecule has 2 rings (SSSR count). The van der Waals surface area contributed by atoms with E-state index in [1.807, 2.05) is 44.7 Å². The van der Waals surface area contributed by atoms with Crippen molar-refractivity contribution in [1.82, 2.24) is 4.90 Å². The number of rotatable bonds is 7. The van der Waals surface area contributed by atoms with Crippen molar-refractivity contribution in [3.63, 3.8) is 0 Å². The van der Waals surface area contributed by atoms with E-state index in [9.17, 15) is 0 Å². The lowest BCUT2D eigenvalue weighted by atomic mass is 10.0. The second-order valence-corrected chi connectivity index (χ2v) is 7.67. The highest BCUT2D eigenvalue weighted by Gasteiger charge is 2.10. The van der Waals surface area contributed by atoms with Gasteiger partial charge in [0.1, 0.15) is 0 Å². The number of nitrogens with zero attached hydrogens (tertiary/aromatic N) is 3. The fraction of sp³-hybridized carbons (Fsp3) is 0.333. The first-order valence-electron chi connectivity index (χ1n) is 8.64. The van der Waals surface area contributed by atoms with Gasteiger partial charge in [0.15, 0.2) is 0 Å². The third kappa shape index (κ3) is 5.61. The molecule has 0 aliphatic heterocycles. The second kappa shape index (κ2) is 9.79. The second-order valence-electron chi connectivity index (χ2n) is 6.18. The molecule has 0 aliphatic carbocycles. The minimum Gasteiger partial charge on any atom is -0.366 e. The first kappa shape index (κ1) is 20.5. The third-order valence-electron chi connectivity index (χ3n) is 4.21. The SMILES string of the molecule is CCN(C)/C=N\c1cc(C)c(/C(CSc2ccc(Cl)cc2)=N/C)cc1C. The Kier molecular flexibility index (Phi) is 7.73. The fourth-order valence-electron chi connectivity index (χ4n) is 2.44. The zero-order valence-electron chi connectivity index (χ0n) is 16.1. The number of hydrogen-bond donors (Lipinski definition) is 0. The van der Waals surface area contributed by atoms with Gasteiger partial charge in [-0.25, -0.2) is 4.99 Å². The van der Waals surface area contributed by atoms with Gasteiger partial charge in [-0.05, 0) is 73.9 Å². The maximum Gasteiger partial charge on any atom is 0.0909 e. The molecule has 0 saturated carbocycles. The Morgan fingerprint density at radius 3 is 2.46 bits per heavy atom. The molecule has 2 aromatic rings. The van der Waals surface area contributed by atoms with Crippen LogP contribution in [0.2, 0.25) is 5.02 Å². The zero-order chi connectivity index (χ0) is 19.1. The zero-order valence-corrected chi connectivity index (χ0v) is 17.7. The van der Waals surface area contributed by atoms with Crippen LogP contribution >= 0.6 is 23.4 Å². The van der Waals surface area contributed by atoms with E-state index >= 15 is 0 Å². The van der Waals surface area contributed by atoms with E-state index in [4.69, 9.17) is 11.6 Å². The van der Waals surface area contributed by atoms with Gasteiger partial charge in [0.2, 0.25) is 0 Å². The molecule has 3 nitrogen and oxygen atoms in total. The van der Waals surface area contributed by atoms with Crippen molar-refractivity contribution >= 4 is 41.1 Å². The molecule has 0 spiro atoms. The normalized spacial score (nSPS) is 12.0. The van der Waals surface area contributed by atoms with Gasteiger partial charge >= 0.3 is 0 Å². The van der Waals surface area contributed by atoms with Gasteiger partial charge in [0.25, 0.3) is 0 Å². The van der Waals surface area contributed by atoms with Gasteiger partial charge in [-0.2, -0.15) is 0 Å². The molecule has 5 heteroatoms. The summed E-state index contributed by atoms with van der Waals surface area (Å²) in [5, 5.41) is 0.759. The maximum atomic E-state index is 5.96. The summed E-state index contributed by atoms with van der Waals surface area (Å²) < 4.78 is 0. The molecular formula is C21H26ClN3S. The first-order valence-corrected chi connectivity index (χ1v) is 10.0. The van der Waals surface area contributed by atoms with Crippen molar-refractivity contribution < 1.29 is 0 Å². The van der Waals surface area contributed by atoms with Crippen molar-refractivity contribution in [2.75, 3.05) is 26.4 Å². The van der Waals surface area contributed by atoms with E-state index in [1.165, 1.54) is 16.0 Å². The summed E-state index contributed by atoms with van der Waals surface area (Å²) in [4.78, 5) is 12.4. The molecule has 2 aromatic carbocycles. The van der Waals surface area contributed by atoms with Crippen LogP contribution in [0.25, 0.3) is 0 Å². The minimum absolute atomic E-state index is 0.759. The lowest BCUT2D eigenvalue weighted by Gasteiger charge is -2.13. The highest BCUT2D eigenvalue weighted by atomic mass is 35.5. The number of benzene rings is 2. The highest BCUT2D eigenvalue weighted by Crippen LogP contribution is 2.26. The van der Waals surface area contributed by atoms with Crippen LogP contribution < -0.4 is 0 Å². The van der Waals surface area contributed by atoms with Gasteiger partial charge in [0.05, 0.1) is 17.7 Å². The number of thioether (sulfide) groups is 1. The summed E-state index contributed by atoms with van der Waals surface area (Å²) in [5.74, 6) is 0.819. The van der Waals surface area contributed by atoms with Crippen LogP contribution in [0.1, 0.15) is 23.6 Å². The Labute approximate surface area is 166 Å². The van der Waals surface area contributed by atoms with Gasteiger partial charge in [-0.1, -0.05) is 11.6 Å². The van der Waals surface area contributed by atoms with Crippen LogP contribution in [0.15, 0.2) is 51.3 Å². The predicted octanol–water partition coefficient (Wildman–Crippen LogP) is 5.78. The lowest BCUT2D eigenvalue weighted by molar-refractivity contribution is 0.552. The van der Waals surface area contributed by atoms with Crippen LogP contribution in [0.5, 0.6) is 0 Å². The average Bonchev–Trinajstić information content (AvgIpc) is 2.64. The number of halogens is 1. The maximum absolute atomic E-state index is 5.96. The summed E-state index contributed by atoms with van der Waals surface area (Å²) >= 11 is 7.72. The van der Waals surface area contributed by atoms with Gasteiger partial charge in [-0.3, -0.25) is 4.99 Å². The number of hydrogen-bond acceptors (Lipinski definition) is 3. The van der Waals surface area contributed by atoms with Gasteiger partial charge in [-0.15, -0.1) is 11.8 Å². The molecule has 0 atom stereocenters. The molecule has 26 heavy (non-hydrogen) atoms. The van der Waals surface area contributed by atoms with E-state index in [0.29, 0.717) is 0 Å². The van der Waals surface area contributed by atoms with Gasteiger partial charge in [0, 0.05) is 36.3 Å². The first-order chi connectivity index (χ1) is 12.4. The topological polar surface area (TPSA) is 28.0 Å². The van der Waals surface area contributed by atoms with E-state index in [1.54, 1.807) is 11.8 Å². The fourth-order valence-corrected chi connectivity index (χ4v) is 3.48. The Morgan fingerprint density at radius 1 is 1.15 bits per heavy atom. The quantitative estimate of drug-likeness (QED) is 0.342. The van der Waals surface area contributed by atoms with Crippen molar-refractivity contribution in [3.05, 3.63) is 58.1 Å². The highest BCUT2D eigenvalue weighted by molar-refractivity contribution is 8.00. The standard InChI is InChI=1S/C21H26ClN3S/c1-6-25(5)14-24-20-12-15(2)19(11-16(20)3)21(23-4)13-26-18-9-7-17(22)8-10-18/h7-12,14H,6,13H2,1-5H3/b23-21+,24-14-. The molecule has 138 valence electrons. The van der Waals surface area contributed by atoms with Crippen LogP contribution in [0.3, 0.4) is 0 Å². The molecule has 0 N–H and O–H groups in total. The monoisotopic (exact) mass is 387 g/mol. The van der Waals surface area contributed by atoms with Crippen LogP contribution in [-0.4, -0.2) is 43.3 Å². The largest absolute Gasteiger partial charge is 0.366 e. The Balaban J connectivity index is 2.18. The van der Waals surface area contributed by atoms with Crippen LogP contribution in [-0.2, 0) is 0 Å². The summed E-state index contributed by atoms with van der Waals surface area (Å²) in [7, 11) is 3.88. The van der Waals surface area contributed by atoms with Gasteiger partial charge < -0.3 is 4.90 Å². The molecule has 0 aromatic heterocycles. The minimum atomic E-state index is 0.759. The molecule has 0 aliphatic rings. The number of aryl methyl sites for hydroxylation is 2. The van der Waals surface area contributed by atoms with Crippen molar-refractivity contribution in [2.24, 2.45) is 9.98 Å². The molecule has 0 bridgehead atoms. The van der Waals surface area contributed by atoms with Crippen molar-refractivity contribution in [3.8, 4) is 0 Å². The summed E-state index contributed by atoms with van der Waals surface area (Å²) in [6.45, 7) is 7.26. The lowest BCUT2D eigenvalue weighted by Crippen LogP contribution is -2.14. The van der Waals surface area contributed by atoms with E-state index in [-0.39, 0.29) is 0 Å². The van der Waals surface area contributed by atoms with Crippen LogP contribution in [0, 0.1) is 13.8 Å². The van der Waals surface area contributed by atoms with E-state index in [0.717, 1.165) is 34.3 Å². The Hall–Kier alpha value is -1.78. The Morgan fingerprint density at radius 2 is 1.85 bits per heavy atom. The summed E-state index contributed by atoms with van der Waals surface area (Å²) in [5.41, 5.74) is 5.64. The molecule has 0 saturated heterocycles. The predicted molar refractivity (Wildman–Crippen MR) is 117 cm³/mol. The number of aliphatic imine (C=N–C) groups is 2. The molecule has 0 radical (unpaired) electrons. The van der Waals surface area contributed by atoms with Crippen LogP contribution in [0.4, 0.5) is 5.69 Å². The molecule has 0 unspecified atom stereocenters. The average molecular weight is 388 g/mol. The third-order valence-corrected chi connectivity index (χ3v) is 5.48.